The van der Waals surface area contributed by atoms with E-state index in [1.807, 2.05) is 0 Å². The van der Waals surface area contributed by atoms with Crippen molar-refractivity contribution in [3.8, 4) is 0 Å². The first-order valence-electron chi connectivity index (χ1n) is 5.22. The van der Waals surface area contributed by atoms with Gasteiger partial charge in [0, 0.05) is 5.02 Å². The van der Waals surface area contributed by atoms with E-state index in [-0.39, 0.29) is 20.0 Å². The minimum Gasteiger partial charge on any atom is -0.280 e. The predicted molar refractivity (Wildman–Crippen MR) is 83.7 cm³/mol. The number of anilines is 1. The predicted octanol–water partition coefficient (Wildman–Crippen LogP) is 5.10. The molecule has 8 heteroatoms. The van der Waals surface area contributed by atoms with E-state index in [9.17, 15) is 8.42 Å². The highest BCUT2D eigenvalue weighted by Crippen LogP contribution is 2.32. The van der Waals surface area contributed by atoms with Gasteiger partial charge in [0.05, 0.1) is 20.8 Å². The van der Waals surface area contributed by atoms with E-state index in [1.54, 1.807) is 18.2 Å². The number of hydrogen-bond donors (Lipinski definition) is 1. The summed E-state index contributed by atoms with van der Waals surface area (Å²) in [5.41, 5.74) is 0.319. The summed E-state index contributed by atoms with van der Waals surface area (Å²) in [4.78, 5) is -0.159. The molecule has 0 saturated heterocycles. The molecule has 0 fully saturated rings. The third-order valence-electron chi connectivity index (χ3n) is 2.34. The Hall–Kier alpha value is -0.650. The molecule has 0 heterocycles. The first-order valence-corrected chi connectivity index (χ1v) is 8.22. The Morgan fingerprint density at radius 2 is 1.50 bits per heavy atom. The van der Waals surface area contributed by atoms with Crippen molar-refractivity contribution in [3.63, 3.8) is 0 Å². The summed E-state index contributed by atoms with van der Waals surface area (Å²) in [5, 5.41) is 0.667. The van der Waals surface area contributed by atoms with Crippen LogP contribution in [0.5, 0.6) is 0 Å². The van der Waals surface area contributed by atoms with E-state index < -0.39 is 10.0 Å². The van der Waals surface area contributed by atoms with Crippen molar-refractivity contribution in [1.29, 1.82) is 0 Å². The van der Waals surface area contributed by atoms with Crippen molar-refractivity contribution in [2.75, 3.05) is 4.72 Å². The van der Waals surface area contributed by atoms with E-state index in [0.717, 1.165) is 0 Å². The second-order valence-corrected chi connectivity index (χ2v) is 7.12. The molecule has 2 rings (SSSR count). The van der Waals surface area contributed by atoms with E-state index in [4.69, 9.17) is 46.4 Å². The zero-order valence-electron chi connectivity index (χ0n) is 9.70. The van der Waals surface area contributed by atoms with Gasteiger partial charge in [-0.1, -0.05) is 52.5 Å². The normalized spacial score (nSPS) is 11.4. The van der Waals surface area contributed by atoms with Gasteiger partial charge in [-0.2, -0.15) is 0 Å². The van der Waals surface area contributed by atoms with Gasteiger partial charge in [-0.05, 0) is 30.3 Å². The number of sulfonamides is 1. The summed E-state index contributed by atoms with van der Waals surface area (Å²) in [6, 6.07) is 8.76. The maximum Gasteiger partial charge on any atom is 0.263 e. The summed E-state index contributed by atoms with van der Waals surface area (Å²) in [5.74, 6) is 0. The van der Waals surface area contributed by atoms with E-state index >= 15 is 0 Å². The molecule has 106 valence electrons. The lowest BCUT2D eigenvalue weighted by Gasteiger charge is -2.10. The summed E-state index contributed by atoms with van der Waals surface area (Å²) >= 11 is 23.3. The largest absolute Gasteiger partial charge is 0.280 e. The van der Waals surface area contributed by atoms with Crippen LogP contribution < -0.4 is 4.72 Å². The average Bonchev–Trinajstić information content (AvgIpc) is 2.33. The molecular formula is C12H7Cl4NO2S. The van der Waals surface area contributed by atoms with Crippen molar-refractivity contribution in [1.82, 2.24) is 0 Å². The van der Waals surface area contributed by atoms with E-state index in [0.29, 0.717) is 10.7 Å². The fraction of sp³-hybridized carbons (Fsp3) is 0. The van der Waals surface area contributed by atoms with Crippen LogP contribution in [0.4, 0.5) is 5.69 Å². The first-order chi connectivity index (χ1) is 9.29. The Morgan fingerprint density at radius 3 is 2.15 bits per heavy atom. The van der Waals surface area contributed by atoms with Crippen LogP contribution in [0.3, 0.4) is 0 Å². The van der Waals surface area contributed by atoms with Crippen LogP contribution >= 0.6 is 46.4 Å². The van der Waals surface area contributed by atoms with Crippen molar-refractivity contribution >= 4 is 62.1 Å². The highest BCUT2D eigenvalue weighted by Gasteiger charge is 2.20. The molecule has 20 heavy (non-hydrogen) atoms. The van der Waals surface area contributed by atoms with E-state index in [2.05, 4.69) is 4.72 Å². The second kappa shape index (κ2) is 6.00. The fourth-order valence-electron chi connectivity index (χ4n) is 1.47. The number of halogens is 4. The third kappa shape index (κ3) is 3.51. The van der Waals surface area contributed by atoms with Crippen LogP contribution in [0.15, 0.2) is 41.3 Å². The van der Waals surface area contributed by atoms with Crippen molar-refractivity contribution in [2.45, 2.75) is 4.90 Å². The smallest absolute Gasteiger partial charge is 0.263 e. The number of nitrogens with one attached hydrogen (secondary N) is 1. The van der Waals surface area contributed by atoms with Gasteiger partial charge in [0.1, 0.15) is 4.90 Å². The lowest BCUT2D eigenvalue weighted by Crippen LogP contribution is -2.13. The zero-order chi connectivity index (χ0) is 14.9. The third-order valence-corrected chi connectivity index (χ3v) is 5.14. The molecule has 3 nitrogen and oxygen atoms in total. The van der Waals surface area contributed by atoms with Crippen LogP contribution in [0.1, 0.15) is 0 Å². The Labute approximate surface area is 136 Å². The van der Waals surface area contributed by atoms with Crippen LogP contribution in [0.25, 0.3) is 0 Å². The summed E-state index contributed by atoms with van der Waals surface area (Å²) in [6.07, 6.45) is 0. The molecule has 0 amide bonds. The van der Waals surface area contributed by atoms with Crippen LogP contribution in [-0.4, -0.2) is 8.42 Å². The molecule has 0 aromatic heterocycles. The second-order valence-electron chi connectivity index (χ2n) is 3.81. The molecule has 0 aliphatic heterocycles. The van der Waals surface area contributed by atoms with Gasteiger partial charge in [0.15, 0.2) is 0 Å². The molecule has 2 aromatic rings. The summed E-state index contributed by atoms with van der Waals surface area (Å²) < 4.78 is 26.9. The van der Waals surface area contributed by atoms with Gasteiger partial charge in [-0.15, -0.1) is 0 Å². The van der Waals surface area contributed by atoms with Gasteiger partial charge in [0.2, 0.25) is 0 Å². The Kier molecular flexibility index (Phi) is 4.72. The van der Waals surface area contributed by atoms with Crippen LogP contribution in [0.2, 0.25) is 20.1 Å². The quantitative estimate of drug-likeness (QED) is 0.763. The van der Waals surface area contributed by atoms with Gasteiger partial charge >= 0.3 is 0 Å². The fourth-order valence-corrected chi connectivity index (χ4v) is 3.71. The summed E-state index contributed by atoms with van der Waals surface area (Å²) in [6.45, 7) is 0. The van der Waals surface area contributed by atoms with Gasteiger partial charge in [-0.25, -0.2) is 8.42 Å². The standard InChI is InChI=1S/C12H7Cl4NO2S/c13-7-2-1-3-8(4-7)17-20(18,19)12-6-10(15)9(14)5-11(12)16/h1-6,17H. The van der Waals surface area contributed by atoms with Gasteiger partial charge < -0.3 is 0 Å². The molecule has 0 unspecified atom stereocenters. The Morgan fingerprint density at radius 1 is 0.850 bits per heavy atom. The van der Waals surface area contributed by atoms with Crippen molar-refractivity contribution in [3.05, 3.63) is 56.5 Å². The molecule has 0 atom stereocenters. The van der Waals surface area contributed by atoms with Crippen LogP contribution in [0, 0.1) is 0 Å². The molecule has 0 saturated carbocycles. The minimum absolute atomic E-state index is 0.0195. The molecule has 0 radical (unpaired) electrons. The zero-order valence-corrected chi connectivity index (χ0v) is 13.5. The molecule has 0 aliphatic carbocycles. The maximum atomic E-state index is 12.3. The Balaban J connectivity index is 2.43. The monoisotopic (exact) mass is 369 g/mol. The van der Waals surface area contributed by atoms with E-state index in [1.165, 1.54) is 18.2 Å². The molecule has 2 aromatic carbocycles. The van der Waals surface area contributed by atoms with Gasteiger partial charge in [-0.3, -0.25) is 4.72 Å². The number of rotatable bonds is 3. The highest BCUT2D eigenvalue weighted by atomic mass is 35.5. The first kappa shape index (κ1) is 15.7. The molecule has 1 N–H and O–H groups in total. The minimum atomic E-state index is -3.88. The maximum absolute atomic E-state index is 12.3. The highest BCUT2D eigenvalue weighted by molar-refractivity contribution is 7.92. The Bertz CT molecular complexity index is 762. The number of benzene rings is 2. The lowest BCUT2D eigenvalue weighted by molar-refractivity contribution is 0.601. The lowest BCUT2D eigenvalue weighted by atomic mass is 10.3. The van der Waals surface area contributed by atoms with Gasteiger partial charge in [0.25, 0.3) is 10.0 Å². The topological polar surface area (TPSA) is 46.2 Å². The molecule has 0 spiro atoms. The van der Waals surface area contributed by atoms with Crippen LogP contribution in [-0.2, 0) is 10.0 Å². The summed E-state index contributed by atoms with van der Waals surface area (Å²) in [7, 11) is -3.88. The average molecular weight is 371 g/mol. The van der Waals surface area contributed by atoms with Crippen molar-refractivity contribution < 1.29 is 8.42 Å². The molecule has 0 bridgehead atoms. The molecular weight excluding hydrogens is 364 g/mol. The SMILES string of the molecule is O=S(=O)(Nc1cccc(Cl)c1)c1cc(Cl)c(Cl)cc1Cl. The van der Waals surface area contributed by atoms with Crippen molar-refractivity contribution in [2.24, 2.45) is 0 Å². The number of hydrogen-bond acceptors (Lipinski definition) is 2. The molecule has 0 aliphatic rings.